The van der Waals surface area contributed by atoms with E-state index in [9.17, 15) is 4.79 Å². The SMILES string of the molecule is CC(=O)NC1CCOc2ccc(-c3csc(Nc4cc(-c5ccccc5)ncn4)n3)cc21. The zero-order chi connectivity index (χ0) is 21.9. The predicted molar refractivity (Wildman–Crippen MR) is 125 cm³/mol. The van der Waals surface area contributed by atoms with E-state index < -0.39 is 0 Å². The van der Waals surface area contributed by atoms with Crippen molar-refractivity contribution in [1.29, 1.82) is 0 Å². The fourth-order valence-corrected chi connectivity index (χ4v) is 4.44. The number of ether oxygens (including phenoxy) is 1. The number of amides is 1. The van der Waals surface area contributed by atoms with Crippen LogP contribution in [0.5, 0.6) is 5.75 Å². The van der Waals surface area contributed by atoms with Gasteiger partial charge in [0, 0.05) is 41.5 Å². The number of nitrogens with one attached hydrogen (secondary N) is 2. The molecule has 0 saturated carbocycles. The van der Waals surface area contributed by atoms with Crippen molar-refractivity contribution in [1.82, 2.24) is 20.3 Å². The molecule has 1 atom stereocenters. The van der Waals surface area contributed by atoms with Crippen LogP contribution in [0, 0.1) is 0 Å². The van der Waals surface area contributed by atoms with Gasteiger partial charge in [0.05, 0.1) is 24.0 Å². The molecular weight excluding hydrogens is 422 g/mol. The summed E-state index contributed by atoms with van der Waals surface area (Å²) in [7, 11) is 0. The summed E-state index contributed by atoms with van der Waals surface area (Å²) in [5.74, 6) is 1.44. The third-order valence-corrected chi connectivity index (χ3v) is 5.96. The van der Waals surface area contributed by atoms with Gasteiger partial charge in [-0.2, -0.15) is 0 Å². The molecule has 0 bridgehead atoms. The first-order chi connectivity index (χ1) is 15.7. The molecule has 2 aromatic heterocycles. The highest BCUT2D eigenvalue weighted by molar-refractivity contribution is 7.14. The van der Waals surface area contributed by atoms with E-state index in [1.54, 1.807) is 6.33 Å². The third kappa shape index (κ3) is 4.31. The minimum atomic E-state index is -0.0511. The molecule has 5 rings (SSSR count). The van der Waals surface area contributed by atoms with Gasteiger partial charge in [0.15, 0.2) is 5.13 Å². The van der Waals surface area contributed by atoms with Crippen molar-refractivity contribution in [3.05, 3.63) is 71.9 Å². The lowest BCUT2D eigenvalue weighted by Gasteiger charge is -2.26. The second-order valence-corrected chi connectivity index (χ2v) is 8.32. The monoisotopic (exact) mass is 443 g/mol. The van der Waals surface area contributed by atoms with Gasteiger partial charge in [-0.05, 0) is 18.2 Å². The average Bonchev–Trinajstić information content (AvgIpc) is 3.28. The molecule has 160 valence electrons. The summed E-state index contributed by atoms with van der Waals surface area (Å²) >= 11 is 1.51. The van der Waals surface area contributed by atoms with Crippen molar-refractivity contribution in [2.24, 2.45) is 0 Å². The van der Waals surface area contributed by atoms with Gasteiger partial charge in [-0.15, -0.1) is 11.3 Å². The summed E-state index contributed by atoms with van der Waals surface area (Å²) in [6.07, 6.45) is 2.29. The topological polar surface area (TPSA) is 89.0 Å². The normalized spacial score (nSPS) is 14.8. The Balaban J connectivity index is 1.37. The molecule has 1 aliphatic heterocycles. The molecule has 0 aliphatic carbocycles. The largest absolute Gasteiger partial charge is 0.493 e. The second-order valence-electron chi connectivity index (χ2n) is 7.46. The standard InChI is InChI=1S/C24H21N5O2S/c1-15(30)27-19-9-10-31-22-8-7-17(11-18(19)22)21-13-32-24(28-21)29-23-12-20(25-14-26-23)16-5-3-2-4-6-16/h2-8,11-14,19H,9-10H2,1H3,(H,27,30)(H,25,26,28,29). The Kier molecular flexibility index (Phi) is 5.51. The maximum Gasteiger partial charge on any atom is 0.217 e. The van der Waals surface area contributed by atoms with Gasteiger partial charge in [-0.25, -0.2) is 15.0 Å². The molecule has 4 aromatic rings. The number of anilines is 2. The molecule has 0 fully saturated rings. The highest BCUT2D eigenvalue weighted by Gasteiger charge is 2.23. The smallest absolute Gasteiger partial charge is 0.217 e. The van der Waals surface area contributed by atoms with Gasteiger partial charge in [-0.3, -0.25) is 4.79 Å². The van der Waals surface area contributed by atoms with Gasteiger partial charge in [0.2, 0.25) is 5.91 Å². The predicted octanol–water partition coefficient (Wildman–Crippen LogP) is 4.97. The van der Waals surface area contributed by atoms with Crippen molar-refractivity contribution < 1.29 is 9.53 Å². The van der Waals surface area contributed by atoms with Crippen LogP contribution in [-0.4, -0.2) is 27.5 Å². The molecule has 0 saturated heterocycles. The van der Waals surface area contributed by atoms with Crippen molar-refractivity contribution in [3.63, 3.8) is 0 Å². The van der Waals surface area contributed by atoms with E-state index in [0.29, 0.717) is 12.4 Å². The van der Waals surface area contributed by atoms with E-state index in [0.717, 1.165) is 45.4 Å². The van der Waals surface area contributed by atoms with Crippen molar-refractivity contribution in [2.45, 2.75) is 19.4 Å². The minimum Gasteiger partial charge on any atom is -0.493 e. The van der Waals surface area contributed by atoms with E-state index in [-0.39, 0.29) is 11.9 Å². The molecular formula is C24H21N5O2S. The number of hydrogen-bond acceptors (Lipinski definition) is 7. The summed E-state index contributed by atoms with van der Waals surface area (Å²) in [5, 5.41) is 9.03. The average molecular weight is 444 g/mol. The van der Waals surface area contributed by atoms with Crippen LogP contribution in [0.1, 0.15) is 24.9 Å². The Morgan fingerprint density at radius 3 is 2.78 bits per heavy atom. The van der Waals surface area contributed by atoms with Gasteiger partial charge in [0.25, 0.3) is 0 Å². The number of hydrogen-bond donors (Lipinski definition) is 2. The van der Waals surface area contributed by atoms with Crippen molar-refractivity contribution in [3.8, 4) is 28.3 Å². The van der Waals surface area contributed by atoms with Crippen LogP contribution in [0.3, 0.4) is 0 Å². The summed E-state index contributed by atoms with van der Waals surface area (Å²) in [5.41, 5.74) is 4.68. The zero-order valence-corrected chi connectivity index (χ0v) is 18.2. The van der Waals surface area contributed by atoms with Gasteiger partial charge in [0.1, 0.15) is 17.9 Å². The number of thiazole rings is 1. The number of rotatable bonds is 5. The summed E-state index contributed by atoms with van der Waals surface area (Å²) in [4.78, 5) is 25.0. The molecule has 32 heavy (non-hydrogen) atoms. The first-order valence-corrected chi connectivity index (χ1v) is 11.2. The number of carbonyl (C=O) groups is 1. The van der Waals surface area contributed by atoms with Crippen LogP contribution < -0.4 is 15.4 Å². The van der Waals surface area contributed by atoms with E-state index in [2.05, 4.69) is 20.6 Å². The van der Waals surface area contributed by atoms with Crippen LogP contribution >= 0.6 is 11.3 Å². The number of nitrogens with zero attached hydrogens (tertiary/aromatic N) is 3. The lowest BCUT2D eigenvalue weighted by Crippen LogP contribution is -2.30. The number of carbonyl (C=O) groups excluding carboxylic acids is 1. The first-order valence-electron chi connectivity index (χ1n) is 10.3. The molecule has 1 aliphatic rings. The highest BCUT2D eigenvalue weighted by Crippen LogP contribution is 2.36. The molecule has 8 heteroatoms. The zero-order valence-electron chi connectivity index (χ0n) is 17.4. The van der Waals surface area contributed by atoms with Crippen molar-refractivity contribution in [2.75, 3.05) is 11.9 Å². The van der Waals surface area contributed by atoms with Gasteiger partial charge < -0.3 is 15.4 Å². The van der Waals surface area contributed by atoms with E-state index in [1.165, 1.54) is 18.3 Å². The molecule has 3 heterocycles. The molecule has 2 aromatic carbocycles. The molecule has 1 amide bonds. The van der Waals surface area contributed by atoms with Crippen molar-refractivity contribution >= 4 is 28.2 Å². The van der Waals surface area contributed by atoms with Gasteiger partial charge in [-0.1, -0.05) is 30.3 Å². The highest BCUT2D eigenvalue weighted by atomic mass is 32.1. The van der Waals surface area contributed by atoms with Crippen LogP contribution in [0.4, 0.5) is 10.9 Å². The number of benzene rings is 2. The van der Waals surface area contributed by atoms with Crippen LogP contribution in [0.2, 0.25) is 0 Å². The fourth-order valence-electron chi connectivity index (χ4n) is 3.71. The van der Waals surface area contributed by atoms with E-state index >= 15 is 0 Å². The Morgan fingerprint density at radius 2 is 1.94 bits per heavy atom. The van der Waals surface area contributed by atoms with Crippen LogP contribution in [0.15, 0.2) is 66.3 Å². The Hall–Kier alpha value is -3.78. The third-order valence-electron chi connectivity index (χ3n) is 5.20. The van der Waals surface area contributed by atoms with E-state index in [1.807, 2.05) is 60.0 Å². The Morgan fingerprint density at radius 1 is 1.06 bits per heavy atom. The minimum absolute atomic E-state index is 0.0480. The van der Waals surface area contributed by atoms with Crippen LogP contribution in [-0.2, 0) is 4.79 Å². The molecule has 0 radical (unpaired) electrons. The molecule has 1 unspecified atom stereocenters. The lowest BCUT2D eigenvalue weighted by atomic mass is 9.97. The summed E-state index contributed by atoms with van der Waals surface area (Å²) in [6.45, 7) is 2.12. The fraction of sp³-hybridized carbons (Fsp3) is 0.167. The van der Waals surface area contributed by atoms with E-state index in [4.69, 9.17) is 9.72 Å². The second kappa shape index (κ2) is 8.76. The maximum atomic E-state index is 11.6. The van der Waals surface area contributed by atoms with Crippen LogP contribution in [0.25, 0.3) is 22.5 Å². The first kappa shape index (κ1) is 20.1. The maximum absolute atomic E-state index is 11.6. The molecule has 0 spiro atoms. The summed E-state index contributed by atoms with van der Waals surface area (Å²) < 4.78 is 5.76. The lowest BCUT2D eigenvalue weighted by molar-refractivity contribution is -0.119. The van der Waals surface area contributed by atoms with Gasteiger partial charge >= 0.3 is 0 Å². The Bertz CT molecular complexity index is 1260. The number of aromatic nitrogens is 3. The number of fused-ring (bicyclic) bond motifs is 1. The molecule has 2 N–H and O–H groups in total. The molecule has 7 nitrogen and oxygen atoms in total. The Labute approximate surface area is 189 Å². The quantitative estimate of drug-likeness (QED) is 0.453. The summed E-state index contributed by atoms with van der Waals surface area (Å²) in [6, 6.07) is 17.8.